The molecule has 92 valence electrons. The summed E-state index contributed by atoms with van der Waals surface area (Å²) in [5.74, 6) is 1.11. The van der Waals surface area contributed by atoms with Crippen LogP contribution in [-0.4, -0.2) is 11.5 Å². The van der Waals surface area contributed by atoms with Crippen molar-refractivity contribution in [2.45, 2.75) is 11.8 Å². The van der Waals surface area contributed by atoms with Crippen molar-refractivity contribution in [2.24, 2.45) is 0 Å². The SMILES string of the molecule is CCSc1ccc(C(=O)c2ccc(Br)cc2)cc1. The average Bonchev–Trinajstić information content (AvgIpc) is 2.40. The summed E-state index contributed by atoms with van der Waals surface area (Å²) in [5, 5.41) is 0. The molecule has 0 unspecified atom stereocenters. The van der Waals surface area contributed by atoms with E-state index in [4.69, 9.17) is 0 Å². The molecule has 2 aromatic rings. The van der Waals surface area contributed by atoms with Crippen molar-refractivity contribution in [2.75, 3.05) is 5.75 Å². The second-order valence-electron chi connectivity index (χ2n) is 3.79. The van der Waals surface area contributed by atoms with E-state index in [1.54, 1.807) is 11.8 Å². The molecule has 0 fully saturated rings. The molecule has 1 nitrogen and oxygen atoms in total. The number of hydrogen-bond donors (Lipinski definition) is 0. The third kappa shape index (κ3) is 3.24. The first-order chi connectivity index (χ1) is 8.70. The molecule has 0 aliphatic rings. The number of rotatable bonds is 4. The summed E-state index contributed by atoms with van der Waals surface area (Å²) in [6.45, 7) is 2.12. The zero-order valence-electron chi connectivity index (χ0n) is 10.0. The normalized spacial score (nSPS) is 10.3. The van der Waals surface area contributed by atoms with E-state index in [0.29, 0.717) is 5.56 Å². The molecule has 0 amide bonds. The van der Waals surface area contributed by atoms with Gasteiger partial charge in [-0.1, -0.05) is 22.9 Å². The van der Waals surface area contributed by atoms with E-state index in [1.165, 1.54) is 4.90 Å². The van der Waals surface area contributed by atoms with Gasteiger partial charge in [0.05, 0.1) is 0 Å². The van der Waals surface area contributed by atoms with Crippen molar-refractivity contribution >= 4 is 33.5 Å². The molecular formula is C15H13BrOS. The van der Waals surface area contributed by atoms with Gasteiger partial charge in [0.2, 0.25) is 0 Å². The van der Waals surface area contributed by atoms with Crippen LogP contribution < -0.4 is 0 Å². The summed E-state index contributed by atoms with van der Waals surface area (Å²) in [7, 11) is 0. The van der Waals surface area contributed by atoms with Gasteiger partial charge in [0.15, 0.2) is 5.78 Å². The van der Waals surface area contributed by atoms with Crippen LogP contribution in [-0.2, 0) is 0 Å². The summed E-state index contributed by atoms with van der Waals surface area (Å²) in [4.78, 5) is 13.4. The van der Waals surface area contributed by atoms with Crippen LogP contribution >= 0.6 is 27.7 Å². The Morgan fingerprint density at radius 2 is 1.50 bits per heavy atom. The van der Waals surface area contributed by atoms with Gasteiger partial charge in [0, 0.05) is 20.5 Å². The van der Waals surface area contributed by atoms with Gasteiger partial charge in [-0.05, 0) is 54.3 Å². The van der Waals surface area contributed by atoms with E-state index in [2.05, 4.69) is 22.9 Å². The lowest BCUT2D eigenvalue weighted by molar-refractivity contribution is 0.103. The number of halogens is 1. The van der Waals surface area contributed by atoms with Crippen LogP contribution in [0.15, 0.2) is 57.9 Å². The monoisotopic (exact) mass is 320 g/mol. The lowest BCUT2D eigenvalue weighted by Gasteiger charge is -2.03. The lowest BCUT2D eigenvalue weighted by atomic mass is 10.0. The van der Waals surface area contributed by atoms with Crippen molar-refractivity contribution < 1.29 is 4.79 Å². The summed E-state index contributed by atoms with van der Waals surface area (Å²) in [6.07, 6.45) is 0. The second-order valence-corrected chi connectivity index (χ2v) is 6.05. The molecule has 0 atom stereocenters. The maximum absolute atomic E-state index is 12.2. The zero-order chi connectivity index (χ0) is 13.0. The molecular weight excluding hydrogens is 308 g/mol. The Morgan fingerprint density at radius 3 is 2.00 bits per heavy atom. The molecule has 0 aromatic heterocycles. The van der Waals surface area contributed by atoms with E-state index in [-0.39, 0.29) is 5.78 Å². The van der Waals surface area contributed by atoms with Crippen molar-refractivity contribution in [3.05, 3.63) is 64.1 Å². The first kappa shape index (κ1) is 13.4. The smallest absolute Gasteiger partial charge is 0.193 e. The Balaban J connectivity index is 2.20. The largest absolute Gasteiger partial charge is 0.289 e. The highest BCUT2D eigenvalue weighted by Crippen LogP contribution is 2.20. The second kappa shape index (κ2) is 6.21. The fourth-order valence-electron chi connectivity index (χ4n) is 1.64. The van der Waals surface area contributed by atoms with Gasteiger partial charge in [-0.15, -0.1) is 11.8 Å². The highest BCUT2D eigenvalue weighted by molar-refractivity contribution is 9.10. The summed E-state index contributed by atoms with van der Waals surface area (Å²) >= 11 is 5.14. The lowest BCUT2D eigenvalue weighted by Crippen LogP contribution is -2.00. The van der Waals surface area contributed by atoms with Gasteiger partial charge in [-0.2, -0.15) is 0 Å². The minimum atomic E-state index is 0.0653. The Morgan fingerprint density at radius 1 is 1.00 bits per heavy atom. The molecule has 18 heavy (non-hydrogen) atoms. The van der Waals surface area contributed by atoms with Crippen LogP contribution in [0.2, 0.25) is 0 Å². The van der Waals surface area contributed by atoms with Crippen molar-refractivity contribution in [1.29, 1.82) is 0 Å². The Hall–Kier alpha value is -1.06. The van der Waals surface area contributed by atoms with Crippen LogP contribution in [0, 0.1) is 0 Å². The molecule has 0 heterocycles. The van der Waals surface area contributed by atoms with Crippen molar-refractivity contribution in [1.82, 2.24) is 0 Å². The maximum atomic E-state index is 12.2. The maximum Gasteiger partial charge on any atom is 0.193 e. The van der Waals surface area contributed by atoms with Gasteiger partial charge in [0.25, 0.3) is 0 Å². The van der Waals surface area contributed by atoms with Gasteiger partial charge in [-0.25, -0.2) is 0 Å². The fourth-order valence-corrected chi connectivity index (χ4v) is 2.56. The minimum absolute atomic E-state index is 0.0653. The Labute approximate surface area is 120 Å². The van der Waals surface area contributed by atoms with Crippen LogP contribution in [0.25, 0.3) is 0 Å². The molecule has 0 spiro atoms. The van der Waals surface area contributed by atoms with Crippen LogP contribution in [0.5, 0.6) is 0 Å². The van der Waals surface area contributed by atoms with Crippen molar-refractivity contribution in [3.8, 4) is 0 Å². The molecule has 3 heteroatoms. The summed E-state index contributed by atoms with van der Waals surface area (Å²) in [6, 6.07) is 15.2. The first-order valence-corrected chi connectivity index (χ1v) is 7.51. The van der Waals surface area contributed by atoms with Crippen LogP contribution in [0.4, 0.5) is 0 Å². The predicted molar refractivity (Wildman–Crippen MR) is 80.4 cm³/mol. The van der Waals surface area contributed by atoms with Gasteiger partial charge >= 0.3 is 0 Å². The number of ketones is 1. The molecule has 0 radical (unpaired) electrons. The third-order valence-corrected chi connectivity index (χ3v) is 3.96. The summed E-state index contributed by atoms with van der Waals surface area (Å²) < 4.78 is 0.980. The first-order valence-electron chi connectivity index (χ1n) is 5.74. The van der Waals surface area contributed by atoms with E-state index >= 15 is 0 Å². The van der Waals surface area contributed by atoms with E-state index in [9.17, 15) is 4.79 Å². The predicted octanol–water partition coefficient (Wildman–Crippen LogP) is 4.79. The number of thioether (sulfide) groups is 1. The topological polar surface area (TPSA) is 17.1 Å². The minimum Gasteiger partial charge on any atom is -0.289 e. The molecule has 0 aliphatic heterocycles. The molecule has 0 aliphatic carbocycles. The number of carbonyl (C=O) groups excluding carboxylic acids is 1. The van der Waals surface area contributed by atoms with E-state index in [1.807, 2.05) is 48.5 Å². The van der Waals surface area contributed by atoms with Crippen LogP contribution in [0.1, 0.15) is 22.8 Å². The molecule has 0 saturated heterocycles. The van der Waals surface area contributed by atoms with Gasteiger partial charge in [0.1, 0.15) is 0 Å². The highest BCUT2D eigenvalue weighted by atomic mass is 79.9. The quantitative estimate of drug-likeness (QED) is 0.595. The van der Waals surface area contributed by atoms with Crippen molar-refractivity contribution in [3.63, 3.8) is 0 Å². The zero-order valence-corrected chi connectivity index (χ0v) is 12.4. The summed E-state index contributed by atoms with van der Waals surface area (Å²) in [5.41, 5.74) is 1.45. The van der Waals surface area contributed by atoms with Gasteiger partial charge in [-0.3, -0.25) is 4.79 Å². The van der Waals surface area contributed by atoms with Crippen LogP contribution in [0.3, 0.4) is 0 Å². The molecule has 0 N–H and O–H groups in total. The molecule has 2 aromatic carbocycles. The molecule has 2 rings (SSSR count). The molecule has 0 bridgehead atoms. The standard InChI is InChI=1S/C15H13BrOS/c1-2-18-14-9-5-12(6-10-14)15(17)11-3-7-13(16)8-4-11/h3-10H,2H2,1H3. The third-order valence-electron chi connectivity index (χ3n) is 2.53. The highest BCUT2D eigenvalue weighted by Gasteiger charge is 2.08. The number of hydrogen-bond acceptors (Lipinski definition) is 2. The van der Waals surface area contributed by atoms with Gasteiger partial charge < -0.3 is 0 Å². The number of benzene rings is 2. The number of carbonyl (C=O) groups is 1. The van der Waals surface area contributed by atoms with E-state index in [0.717, 1.165) is 15.8 Å². The molecule has 0 saturated carbocycles. The average molecular weight is 321 g/mol. The Bertz CT molecular complexity index is 531. The Kier molecular flexibility index (Phi) is 4.61. The van der Waals surface area contributed by atoms with E-state index < -0.39 is 0 Å². The fraction of sp³-hybridized carbons (Fsp3) is 0.133.